The molecule has 1 aromatic carbocycles. The summed E-state index contributed by atoms with van der Waals surface area (Å²) < 4.78 is 1.57. The van der Waals surface area contributed by atoms with Crippen molar-refractivity contribution in [2.75, 3.05) is 6.54 Å². The van der Waals surface area contributed by atoms with Gasteiger partial charge in [0.25, 0.3) is 0 Å². The van der Waals surface area contributed by atoms with Gasteiger partial charge in [-0.15, -0.1) is 0 Å². The minimum atomic E-state index is 0.683. The van der Waals surface area contributed by atoms with Crippen LogP contribution < -0.4 is 9.78 Å². The second-order valence-electron chi connectivity index (χ2n) is 6.09. The predicted molar refractivity (Wildman–Crippen MR) is 77.4 cm³/mol. The Labute approximate surface area is 117 Å². The predicted octanol–water partition coefficient (Wildman–Crippen LogP) is 1.72. The third-order valence-electron chi connectivity index (χ3n) is 4.70. The number of hydrogen-bond acceptors (Lipinski definition) is 0. The van der Waals surface area contributed by atoms with Crippen molar-refractivity contribution < 1.29 is 5.32 Å². The van der Waals surface area contributed by atoms with Crippen LogP contribution in [0.3, 0.4) is 0 Å². The summed E-state index contributed by atoms with van der Waals surface area (Å²) in [5.74, 6) is 0. The van der Waals surface area contributed by atoms with Gasteiger partial charge >= 0.3 is 117 Å². The Morgan fingerprint density at radius 2 is 1.89 bits per heavy atom. The summed E-state index contributed by atoms with van der Waals surface area (Å²) in [5.41, 5.74) is 0.746. The van der Waals surface area contributed by atoms with Crippen molar-refractivity contribution in [3.05, 3.63) is 30.3 Å². The quantitative estimate of drug-likeness (QED) is 0.819. The summed E-state index contributed by atoms with van der Waals surface area (Å²) in [7, 11) is 0. The summed E-state index contributed by atoms with van der Waals surface area (Å²) >= 11 is 0.683. The molecule has 1 spiro atoms. The molecule has 1 saturated heterocycles. The average Bonchev–Trinajstić information content (AvgIpc) is 2.82. The zero-order valence-electron chi connectivity index (χ0n) is 11.1. The standard InChI is InChI=1S/C16H23NSe/c1-3-7-15(8-4-1)18-12-14-11-16(13-17-14)9-5-2-6-10-16/h1,3-4,7-8,14,17H,2,5-6,9-13H2/p+1. The number of rotatable bonds is 3. The van der Waals surface area contributed by atoms with Crippen LogP contribution in [0, 0.1) is 5.41 Å². The van der Waals surface area contributed by atoms with Crippen molar-refractivity contribution in [3.63, 3.8) is 0 Å². The van der Waals surface area contributed by atoms with Crippen molar-refractivity contribution in [2.45, 2.75) is 49.9 Å². The maximum atomic E-state index is 2.66. The zero-order chi connectivity index (χ0) is 12.3. The first-order valence-electron chi connectivity index (χ1n) is 7.38. The van der Waals surface area contributed by atoms with Crippen LogP contribution in [0.4, 0.5) is 0 Å². The third-order valence-corrected chi connectivity index (χ3v) is 7.22. The van der Waals surface area contributed by atoms with Crippen LogP contribution >= 0.6 is 0 Å². The Morgan fingerprint density at radius 1 is 1.11 bits per heavy atom. The van der Waals surface area contributed by atoms with Crippen LogP contribution in [0.5, 0.6) is 0 Å². The molecular formula is C16H24NSe+. The van der Waals surface area contributed by atoms with E-state index in [1.54, 1.807) is 4.46 Å². The normalized spacial score (nSPS) is 26.6. The van der Waals surface area contributed by atoms with Crippen LogP contribution in [-0.4, -0.2) is 27.5 Å². The molecule has 3 rings (SSSR count). The van der Waals surface area contributed by atoms with Gasteiger partial charge < -0.3 is 0 Å². The Balaban J connectivity index is 1.50. The molecule has 1 unspecified atom stereocenters. The molecule has 0 radical (unpaired) electrons. The Bertz CT molecular complexity index is 370. The molecule has 1 saturated carbocycles. The molecule has 2 N–H and O–H groups in total. The summed E-state index contributed by atoms with van der Waals surface area (Å²) in [6.07, 6.45) is 8.99. The maximum absolute atomic E-state index is 2.66. The van der Waals surface area contributed by atoms with E-state index in [4.69, 9.17) is 0 Å². The monoisotopic (exact) mass is 310 g/mol. The Hall–Kier alpha value is -0.301. The second kappa shape index (κ2) is 5.77. The number of hydrogen-bond donors (Lipinski definition) is 1. The van der Waals surface area contributed by atoms with E-state index >= 15 is 0 Å². The first kappa shape index (κ1) is 12.7. The molecule has 0 amide bonds. The molecule has 2 fully saturated rings. The average molecular weight is 309 g/mol. The van der Waals surface area contributed by atoms with Crippen molar-refractivity contribution in [2.24, 2.45) is 5.41 Å². The number of quaternary nitrogens is 1. The fourth-order valence-corrected chi connectivity index (χ4v) is 5.82. The summed E-state index contributed by atoms with van der Waals surface area (Å²) in [6, 6.07) is 12.0. The van der Waals surface area contributed by atoms with Gasteiger partial charge in [-0.3, -0.25) is 0 Å². The van der Waals surface area contributed by atoms with Crippen LogP contribution in [0.1, 0.15) is 38.5 Å². The molecule has 1 heterocycles. The molecule has 2 heteroatoms. The van der Waals surface area contributed by atoms with E-state index in [0.717, 1.165) is 11.5 Å². The van der Waals surface area contributed by atoms with Crippen molar-refractivity contribution in [1.29, 1.82) is 0 Å². The van der Waals surface area contributed by atoms with Gasteiger partial charge in [0.05, 0.1) is 0 Å². The zero-order valence-corrected chi connectivity index (χ0v) is 12.8. The summed E-state index contributed by atoms with van der Waals surface area (Å²) in [4.78, 5) is 0. The van der Waals surface area contributed by atoms with E-state index in [2.05, 4.69) is 35.6 Å². The molecule has 18 heavy (non-hydrogen) atoms. The molecule has 1 aromatic rings. The van der Waals surface area contributed by atoms with Crippen LogP contribution in [0.2, 0.25) is 5.32 Å². The van der Waals surface area contributed by atoms with Gasteiger partial charge in [-0.05, 0) is 0 Å². The van der Waals surface area contributed by atoms with Gasteiger partial charge in [-0.2, -0.15) is 0 Å². The molecule has 0 aromatic heterocycles. The fourth-order valence-electron chi connectivity index (χ4n) is 3.70. The van der Waals surface area contributed by atoms with E-state index < -0.39 is 0 Å². The van der Waals surface area contributed by atoms with Gasteiger partial charge in [-0.25, -0.2) is 0 Å². The number of nitrogens with two attached hydrogens (primary N) is 1. The van der Waals surface area contributed by atoms with E-state index in [-0.39, 0.29) is 0 Å². The van der Waals surface area contributed by atoms with Crippen LogP contribution in [-0.2, 0) is 0 Å². The van der Waals surface area contributed by atoms with Gasteiger partial charge in [0.2, 0.25) is 0 Å². The first-order chi connectivity index (χ1) is 8.86. The Kier molecular flexibility index (Phi) is 4.08. The third kappa shape index (κ3) is 2.99. The minimum absolute atomic E-state index is 0.683. The van der Waals surface area contributed by atoms with Crippen molar-refractivity contribution in [1.82, 2.24) is 0 Å². The van der Waals surface area contributed by atoms with Gasteiger partial charge in [0, 0.05) is 0 Å². The second-order valence-corrected chi connectivity index (χ2v) is 8.38. The molecule has 1 aliphatic carbocycles. The van der Waals surface area contributed by atoms with E-state index in [1.165, 1.54) is 50.4 Å². The first-order valence-corrected chi connectivity index (χ1v) is 9.44. The fraction of sp³-hybridized carbons (Fsp3) is 0.625. The molecule has 1 atom stereocenters. The van der Waals surface area contributed by atoms with Crippen molar-refractivity contribution in [3.8, 4) is 0 Å². The molecule has 98 valence electrons. The van der Waals surface area contributed by atoms with Gasteiger partial charge in [-0.1, -0.05) is 0 Å². The summed E-state index contributed by atoms with van der Waals surface area (Å²) in [5, 5.41) is 4.09. The molecule has 1 nitrogen and oxygen atoms in total. The van der Waals surface area contributed by atoms with E-state index in [9.17, 15) is 0 Å². The topological polar surface area (TPSA) is 16.6 Å². The molecule has 2 aliphatic rings. The summed E-state index contributed by atoms with van der Waals surface area (Å²) in [6.45, 7) is 1.42. The molecule has 1 aliphatic heterocycles. The molecular weight excluding hydrogens is 285 g/mol. The van der Waals surface area contributed by atoms with E-state index in [0.29, 0.717) is 15.0 Å². The van der Waals surface area contributed by atoms with Gasteiger partial charge in [0.15, 0.2) is 0 Å². The van der Waals surface area contributed by atoms with Gasteiger partial charge in [0.1, 0.15) is 0 Å². The molecule has 0 bridgehead atoms. The van der Waals surface area contributed by atoms with Crippen LogP contribution in [0.15, 0.2) is 30.3 Å². The van der Waals surface area contributed by atoms with E-state index in [1.807, 2.05) is 0 Å². The van der Waals surface area contributed by atoms with Crippen LogP contribution in [0.25, 0.3) is 0 Å². The number of benzene rings is 1. The Morgan fingerprint density at radius 3 is 2.67 bits per heavy atom. The SMILES string of the molecule is c1ccc([Se]CC2CC3(CCCCC3)C[NH2+]2)cc1. The van der Waals surface area contributed by atoms with Crippen molar-refractivity contribution >= 4 is 19.4 Å².